The maximum Gasteiger partial charge on any atom is 0.134 e. The van der Waals surface area contributed by atoms with Gasteiger partial charge in [0.1, 0.15) is 11.6 Å². The molecule has 0 saturated heterocycles. The van der Waals surface area contributed by atoms with Gasteiger partial charge in [0.05, 0.1) is 5.56 Å². The fraction of sp³-hybridized carbons (Fsp3) is 0.400. The minimum Gasteiger partial charge on any atom is -0.206 e. The highest BCUT2D eigenvalue weighted by molar-refractivity contribution is 5.71. The molecule has 3 aromatic carbocycles. The van der Waals surface area contributed by atoms with E-state index in [2.05, 4.69) is 13.8 Å². The second-order valence-corrected chi connectivity index (χ2v) is 9.31. The van der Waals surface area contributed by atoms with Gasteiger partial charge in [0.15, 0.2) is 0 Å². The van der Waals surface area contributed by atoms with Gasteiger partial charge in [-0.1, -0.05) is 101 Å². The van der Waals surface area contributed by atoms with Crippen molar-refractivity contribution < 1.29 is 8.78 Å². The lowest BCUT2D eigenvalue weighted by atomic mass is 9.68. The molecule has 1 saturated carbocycles. The zero-order valence-corrected chi connectivity index (χ0v) is 19.3. The Hall–Kier alpha value is -2.48. The van der Waals surface area contributed by atoms with E-state index in [4.69, 9.17) is 0 Å². The molecule has 1 aliphatic rings. The van der Waals surface area contributed by atoms with Crippen LogP contribution in [-0.4, -0.2) is 0 Å². The van der Waals surface area contributed by atoms with Crippen molar-refractivity contribution in [3.63, 3.8) is 0 Å². The third-order valence-corrected chi connectivity index (χ3v) is 7.36. The van der Waals surface area contributed by atoms with Gasteiger partial charge < -0.3 is 0 Å². The molecule has 0 bridgehead atoms. The summed E-state index contributed by atoms with van der Waals surface area (Å²) < 4.78 is 30.6. The molecule has 0 radical (unpaired) electrons. The van der Waals surface area contributed by atoms with Crippen molar-refractivity contribution in [3.05, 3.63) is 83.9 Å². The monoisotopic (exact) mass is 432 g/mol. The molecule has 1 aliphatic carbocycles. The van der Waals surface area contributed by atoms with Crippen molar-refractivity contribution in [1.82, 2.24) is 0 Å². The third-order valence-electron chi connectivity index (χ3n) is 7.36. The van der Waals surface area contributed by atoms with Crippen molar-refractivity contribution in [1.29, 1.82) is 0 Å². The number of hydrogen-bond acceptors (Lipinski definition) is 0. The quantitative estimate of drug-likeness (QED) is 0.349. The third kappa shape index (κ3) is 4.80. The SMILES string of the molecule is CCCC1CCCCC1C(CC)c1cc(F)c(-c2ccc(-c3ccccc3)cc2)c(F)c1. The van der Waals surface area contributed by atoms with Crippen LogP contribution in [0.5, 0.6) is 0 Å². The van der Waals surface area contributed by atoms with Crippen molar-refractivity contribution in [2.24, 2.45) is 11.8 Å². The van der Waals surface area contributed by atoms with Gasteiger partial charge in [-0.3, -0.25) is 0 Å². The van der Waals surface area contributed by atoms with E-state index in [0.717, 1.165) is 23.1 Å². The van der Waals surface area contributed by atoms with Gasteiger partial charge in [-0.05, 0) is 65.0 Å². The molecule has 3 aromatic rings. The Bertz CT molecular complexity index is 982. The second-order valence-electron chi connectivity index (χ2n) is 9.31. The zero-order chi connectivity index (χ0) is 22.5. The number of benzene rings is 3. The molecule has 2 heteroatoms. The first-order chi connectivity index (χ1) is 15.6. The number of halogens is 2. The molecule has 0 spiro atoms. The maximum absolute atomic E-state index is 15.3. The Morgan fingerprint density at radius 3 is 2.00 bits per heavy atom. The standard InChI is InChI=1S/C30H34F2/c1-3-10-23-13-8-9-14-27(23)26(4-2)25-19-28(31)30(29(32)20-25)24-17-15-22(16-18-24)21-11-6-5-7-12-21/h5-7,11-12,15-20,23,26-27H,3-4,8-10,13-14H2,1-2H3. The minimum atomic E-state index is -0.450. The summed E-state index contributed by atoms with van der Waals surface area (Å²) in [6.45, 7) is 4.40. The van der Waals surface area contributed by atoms with Crippen LogP contribution in [0.3, 0.4) is 0 Å². The number of hydrogen-bond donors (Lipinski definition) is 0. The van der Waals surface area contributed by atoms with Crippen LogP contribution < -0.4 is 0 Å². The minimum absolute atomic E-state index is 0.0805. The van der Waals surface area contributed by atoms with Crippen LogP contribution in [0.25, 0.3) is 22.3 Å². The highest BCUT2D eigenvalue weighted by Crippen LogP contribution is 2.44. The van der Waals surface area contributed by atoms with Gasteiger partial charge in [0.2, 0.25) is 0 Å². The fourth-order valence-corrected chi connectivity index (χ4v) is 5.82. The zero-order valence-electron chi connectivity index (χ0n) is 19.3. The molecule has 3 atom stereocenters. The lowest BCUT2D eigenvalue weighted by Gasteiger charge is -2.37. The van der Waals surface area contributed by atoms with Gasteiger partial charge in [-0.2, -0.15) is 0 Å². The van der Waals surface area contributed by atoms with Crippen LogP contribution >= 0.6 is 0 Å². The molecular formula is C30H34F2. The van der Waals surface area contributed by atoms with Gasteiger partial charge in [-0.25, -0.2) is 8.78 Å². The Balaban J connectivity index is 1.63. The van der Waals surface area contributed by atoms with E-state index in [1.54, 1.807) is 12.1 Å². The first kappa shape index (κ1) is 22.7. The topological polar surface area (TPSA) is 0 Å². The van der Waals surface area contributed by atoms with Crippen LogP contribution in [-0.2, 0) is 0 Å². The molecule has 0 N–H and O–H groups in total. The smallest absolute Gasteiger partial charge is 0.134 e. The Morgan fingerprint density at radius 1 is 0.781 bits per heavy atom. The van der Waals surface area contributed by atoms with E-state index in [-0.39, 0.29) is 11.5 Å². The van der Waals surface area contributed by atoms with E-state index >= 15 is 8.78 Å². The summed E-state index contributed by atoms with van der Waals surface area (Å²) in [4.78, 5) is 0. The van der Waals surface area contributed by atoms with Gasteiger partial charge >= 0.3 is 0 Å². The van der Waals surface area contributed by atoms with Crippen LogP contribution in [0.15, 0.2) is 66.7 Å². The van der Waals surface area contributed by atoms with E-state index in [1.165, 1.54) is 38.5 Å². The normalized spacial score (nSPS) is 19.6. The fourth-order valence-electron chi connectivity index (χ4n) is 5.82. The van der Waals surface area contributed by atoms with Gasteiger partial charge in [0.25, 0.3) is 0 Å². The van der Waals surface area contributed by atoms with Crippen molar-refractivity contribution in [2.45, 2.75) is 64.7 Å². The molecule has 3 unspecified atom stereocenters. The van der Waals surface area contributed by atoms with Crippen molar-refractivity contribution in [3.8, 4) is 22.3 Å². The molecule has 0 nitrogen and oxygen atoms in total. The predicted octanol–water partition coefficient (Wildman–Crippen LogP) is 9.40. The summed E-state index contributed by atoms with van der Waals surface area (Å²) in [5, 5.41) is 0. The molecule has 1 fully saturated rings. The molecule has 0 amide bonds. The molecule has 0 aliphatic heterocycles. The predicted molar refractivity (Wildman–Crippen MR) is 131 cm³/mol. The van der Waals surface area contributed by atoms with Crippen LogP contribution in [0.1, 0.15) is 70.3 Å². The Morgan fingerprint density at radius 2 is 1.38 bits per heavy atom. The van der Waals surface area contributed by atoms with Crippen LogP contribution in [0, 0.1) is 23.5 Å². The molecule has 0 heterocycles. The highest BCUT2D eigenvalue weighted by atomic mass is 19.1. The Labute approximate surface area is 191 Å². The Kier molecular flexibility index (Phi) is 7.40. The summed E-state index contributed by atoms with van der Waals surface area (Å²) >= 11 is 0. The second kappa shape index (κ2) is 10.4. The van der Waals surface area contributed by atoms with Gasteiger partial charge in [-0.15, -0.1) is 0 Å². The molecule has 0 aromatic heterocycles. The molecule has 32 heavy (non-hydrogen) atoms. The number of rotatable bonds is 7. The average Bonchev–Trinajstić information content (AvgIpc) is 2.81. The maximum atomic E-state index is 15.3. The lowest BCUT2D eigenvalue weighted by Crippen LogP contribution is -2.26. The van der Waals surface area contributed by atoms with Crippen LogP contribution in [0.2, 0.25) is 0 Å². The van der Waals surface area contributed by atoms with E-state index in [0.29, 0.717) is 17.4 Å². The summed E-state index contributed by atoms with van der Waals surface area (Å²) in [5.41, 5.74) is 3.63. The van der Waals surface area contributed by atoms with Gasteiger partial charge in [0, 0.05) is 0 Å². The van der Waals surface area contributed by atoms with E-state index < -0.39 is 11.6 Å². The molecule has 168 valence electrons. The largest absolute Gasteiger partial charge is 0.206 e. The van der Waals surface area contributed by atoms with Crippen molar-refractivity contribution >= 4 is 0 Å². The first-order valence-corrected chi connectivity index (χ1v) is 12.3. The van der Waals surface area contributed by atoms with E-state index in [9.17, 15) is 0 Å². The summed E-state index contributed by atoms with van der Waals surface area (Å²) in [6, 6.07) is 20.7. The summed E-state index contributed by atoms with van der Waals surface area (Å²) in [6.07, 6.45) is 8.28. The van der Waals surface area contributed by atoms with E-state index in [1.807, 2.05) is 54.6 Å². The van der Waals surface area contributed by atoms with Crippen LogP contribution in [0.4, 0.5) is 8.78 Å². The highest BCUT2D eigenvalue weighted by Gasteiger charge is 2.32. The molecular weight excluding hydrogens is 398 g/mol. The lowest BCUT2D eigenvalue weighted by molar-refractivity contribution is 0.184. The van der Waals surface area contributed by atoms with Crippen molar-refractivity contribution in [2.75, 3.05) is 0 Å². The average molecular weight is 433 g/mol. The summed E-state index contributed by atoms with van der Waals surface area (Å²) in [7, 11) is 0. The molecule has 4 rings (SSSR count). The first-order valence-electron chi connectivity index (χ1n) is 12.3. The summed E-state index contributed by atoms with van der Waals surface area (Å²) in [5.74, 6) is 0.534.